The summed E-state index contributed by atoms with van der Waals surface area (Å²) < 4.78 is 18.5. The van der Waals surface area contributed by atoms with Crippen LogP contribution in [0.1, 0.15) is 11.7 Å². The minimum absolute atomic E-state index is 0.0640. The van der Waals surface area contributed by atoms with Crippen LogP contribution in [0.2, 0.25) is 0 Å². The van der Waals surface area contributed by atoms with Crippen molar-refractivity contribution in [1.82, 2.24) is 5.32 Å². The molecule has 27 heavy (non-hydrogen) atoms. The molecule has 1 aliphatic rings. The van der Waals surface area contributed by atoms with Crippen molar-refractivity contribution in [2.24, 2.45) is 0 Å². The maximum absolute atomic E-state index is 6.45. The topological polar surface area (TPSA) is 39.7 Å². The lowest BCUT2D eigenvalue weighted by Gasteiger charge is -2.32. The van der Waals surface area contributed by atoms with Crippen molar-refractivity contribution < 1.29 is 14.2 Å². The van der Waals surface area contributed by atoms with E-state index in [0.29, 0.717) is 18.1 Å². The Hall–Kier alpha value is -2.82. The first-order valence-electron chi connectivity index (χ1n) is 9.26. The van der Waals surface area contributed by atoms with Crippen molar-refractivity contribution in [2.45, 2.75) is 12.2 Å². The lowest BCUT2D eigenvalue weighted by Crippen LogP contribution is -2.43. The molecule has 0 saturated carbocycles. The maximum Gasteiger partial charge on any atom is 0.169 e. The largest absolute Gasteiger partial charge is 0.479 e. The van der Waals surface area contributed by atoms with E-state index >= 15 is 0 Å². The Morgan fingerprint density at radius 3 is 2.19 bits per heavy atom. The fourth-order valence-electron chi connectivity index (χ4n) is 3.17. The Morgan fingerprint density at radius 1 is 0.815 bits per heavy atom. The average molecular weight is 361 g/mol. The second-order valence-electron chi connectivity index (χ2n) is 6.42. The van der Waals surface area contributed by atoms with Crippen LogP contribution in [0.15, 0.2) is 84.9 Å². The Morgan fingerprint density at radius 2 is 1.48 bits per heavy atom. The fraction of sp³-hybridized carbons (Fsp3) is 0.217. The first-order valence-corrected chi connectivity index (χ1v) is 9.26. The second-order valence-corrected chi connectivity index (χ2v) is 6.42. The molecule has 1 aliphatic heterocycles. The molecule has 3 aromatic carbocycles. The molecule has 2 unspecified atom stereocenters. The molecule has 1 fully saturated rings. The molecule has 3 aromatic rings. The molecule has 1 N–H and O–H groups in total. The van der Waals surface area contributed by atoms with E-state index in [-0.39, 0.29) is 12.2 Å². The summed E-state index contributed by atoms with van der Waals surface area (Å²) >= 11 is 0. The summed E-state index contributed by atoms with van der Waals surface area (Å²) in [6, 6.07) is 27.7. The van der Waals surface area contributed by atoms with E-state index in [9.17, 15) is 0 Å². The number of benzene rings is 3. The average Bonchev–Trinajstić information content (AvgIpc) is 2.75. The van der Waals surface area contributed by atoms with E-state index in [1.807, 2.05) is 72.8 Å². The number of hydrogen-bond acceptors (Lipinski definition) is 4. The van der Waals surface area contributed by atoms with E-state index in [0.717, 1.165) is 24.4 Å². The molecule has 1 heterocycles. The van der Waals surface area contributed by atoms with Gasteiger partial charge in [-0.05, 0) is 29.8 Å². The zero-order valence-corrected chi connectivity index (χ0v) is 15.1. The smallest absolute Gasteiger partial charge is 0.169 e. The van der Waals surface area contributed by atoms with Crippen LogP contribution in [-0.4, -0.2) is 25.8 Å². The lowest BCUT2D eigenvalue weighted by molar-refractivity contribution is -0.0437. The molecule has 138 valence electrons. The summed E-state index contributed by atoms with van der Waals surface area (Å²) in [7, 11) is 0. The molecular weight excluding hydrogens is 338 g/mol. The maximum atomic E-state index is 6.45. The summed E-state index contributed by atoms with van der Waals surface area (Å²) in [5, 5.41) is 3.39. The number of ether oxygens (including phenoxy) is 3. The van der Waals surface area contributed by atoms with Crippen LogP contribution in [0.5, 0.6) is 17.2 Å². The summed E-state index contributed by atoms with van der Waals surface area (Å²) in [6.45, 7) is 2.30. The minimum Gasteiger partial charge on any atom is -0.479 e. The van der Waals surface area contributed by atoms with Crippen molar-refractivity contribution in [3.05, 3.63) is 90.5 Å². The highest BCUT2D eigenvalue weighted by molar-refractivity contribution is 5.43. The Bertz CT molecular complexity index is 833. The standard InChI is InChI=1S/C23H23NO3/c1-3-9-18(10-4-1)23(22-17-24-15-16-25-22)27-21-14-8-7-13-20(21)26-19-11-5-2-6-12-19/h1-14,22-24H,15-17H2. The van der Waals surface area contributed by atoms with Gasteiger partial charge in [0.2, 0.25) is 0 Å². The van der Waals surface area contributed by atoms with E-state index in [2.05, 4.69) is 17.4 Å². The van der Waals surface area contributed by atoms with Gasteiger partial charge in [-0.15, -0.1) is 0 Å². The normalized spacial score (nSPS) is 17.9. The van der Waals surface area contributed by atoms with E-state index in [1.165, 1.54) is 0 Å². The van der Waals surface area contributed by atoms with Crippen LogP contribution in [0.4, 0.5) is 0 Å². The molecule has 1 saturated heterocycles. The van der Waals surface area contributed by atoms with Crippen LogP contribution in [0.3, 0.4) is 0 Å². The van der Waals surface area contributed by atoms with Gasteiger partial charge in [0.15, 0.2) is 17.6 Å². The molecule has 4 rings (SSSR count). The first kappa shape index (κ1) is 17.6. The van der Waals surface area contributed by atoms with Crippen LogP contribution < -0.4 is 14.8 Å². The molecule has 4 nitrogen and oxygen atoms in total. The SMILES string of the molecule is c1ccc(Oc2ccccc2OC(c2ccccc2)C2CNCCO2)cc1. The molecule has 0 bridgehead atoms. The van der Waals surface area contributed by atoms with Crippen LogP contribution in [0.25, 0.3) is 0 Å². The van der Waals surface area contributed by atoms with Crippen LogP contribution in [0, 0.1) is 0 Å². The van der Waals surface area contributed by atoms with Gasteiger partial charge in [-0.25, -0.2) is 0 Å². The van der Waals surface area contributed by atoms with Crippen molar-refractivity contribution in [1.29, 1.82) is 0 Å². The van der Waals surface area contributed by atoms with Gasteiger partial charge in [-0.3, -0.25) is 0 Å². The molecule has 4 heteroatoms. The molecule has 0 spiro atoms. The van der Waals surface area contributed by atoms with Crippen molar-refractivity contribution in [3.8, 4) is 17.2 Å². The number of nitrogens with one attached hydrogen (secondary N) is 1. The van der Waals surface area contributed by atoms with E-state index in [1.54, 1.807) is 0 Å². The van der Waals surface area contributed by atoms with Crippen LogP contribution >= 0.6 is 0 Å². The fourth-order valence-corrected chi connectivity index (χ4v) is 3.17. The highest BCUT2D eigenvalue weighted by atomic mass is 16.6. The third kappa shape index (κ3) is 4.48. The molecule has 0 radical (unpaired) electrons. The van der Waals surface area contributed by atoms with Gasteiger partial charge in [0.25, 0.3) is 0 Å². The number of rotatable bonds is 6. The quantitative estimate of drug-likeness (QED) is 0.697. The molecule has 0 aliphatic carbocycles. The number of morpholine rings is 1. The molecule has 0 amide bonds. The van der Waals surface area contributed by atoms with Gasteiger partial charge in [0.1, 0.15) is 11.9 Å². The molecule has 2 atom stereocenters. The van der Waals surface area contributed by atoms with Gasteiger partial charge in [0, 0.05) is 13.1 Å². The monoisotopic (exact) mass is 361 g/mol. The summed E-state index contributed by atoms with van der Waals surface area (Å²) in [6.07, 6.45) is -0.287. The van der Waals surface area contributed by atoms with E-state index in [4.69, 9.17) is 14.2 Å². The molecule has 0 aromatic heterocycles. The zero-order chi connectivity index (χ0) is 18.3. The van der Waals surface area contributed by atoms with Crippen molar-refractivity contribution >= 4 is 0 Å². The van der Waals surface area contributed by atoms with Gasteiger partial charge in [0.05, 0.1) is 6.61 Å². The highest BCUT2D eigenvalue weighted by Crippen LogP contribution is 2.36. The zero-order valence-electron chi connectivity index (χ0n) is 15.1. The summed E-state index contributed by atoms with van der Waals surface area (Å²) in [5.74, 6) is 2.16. The van der Waals surface area contributed by atoms with Crippen LogP contribution in [-0.2, 0) is 4.74 Å². The second kappa shape index (κ2) is 8.71. The predicted molar refractivity (Wildman–Crippen MR) is 105 cm³/mol. The summed E-state index contributed by atoms with van der Waals surface area (Å²) in [5.41, 5.74) is 1.08. The van der Waals surface area contributed by atoms with Gasteiger partial charge in [-0.2, -0.15) is 0 Å². The third-order valence-corrected chi connectivity index (χ3v) is 4.50. The van der Waals surface area contributed by atoms with Gasteiger partial charge >= 0.3 is 0 Å². The third-order valence-electron chi connectivity index (χ3n) is 4.50. The van der Waals surface area contributed by atoms with E-state index < -0.39 is 0 Å². The van der Waals surface area contributed by atoms with Gasteiger partial charge < -0.3 is 19.5 Å². The Kier molecular flexibility index (Phi) is 5.67. The molecular formula is C23H23NO3. The van der Waals surface area contributed by atoms with Gasteiger partial charge in [-0.1, -0.05) is 60.7 Å². The lowest BCUT2D eigenvalue weighted by atomic mass is 10.0. The number of para-hydroxylation sites is 3. The minimum atomic E-state index is -0.223. The Balaban J connectivity index is 1.61. The number of hydrogen-bond donors (Lipinski definition) is 1. The van der Waals surface area contributed by atoms with Crippen molar-refractivity contribution in [2.75, 3.05) is 19.7 Å². The van der Waals surface area contributed by atoms with Crippen molar-refractivity contribution in [3.63, 3.8) is 0 Å². The predicted octanol–water partition coefficient (Wildman–Crippen LogP) is 4.59. The summed E-state index contributed by atoms with van der Waals surface area (Å²) in [4.78, 5) is 0. The first-order chi connectivity index (χ1) is 13.4. The Labute approximate surface area is 159 Å². The highest BCUT2D eigenvalue weighted by Gasteiger charge is 2.28.